The van der Waals surface area contributed by atoms with Crippen molar-refractivity contribution in [3.05, 3.63) is 23.8 Å². The Morgan fingerprint density at radius 2 is 2.20 bits per heavy atom. The average Bonchev–Trinajstić information content (AvgIpc) is 2.27. The summed E-state index contributed by atoms with van der Waals surface area (Å²) in [6.45, 7) is 2.54. The number of hydrogen-bond donors (Lipinski definition) is 1. The number of benzene rings is 1. The van der Waals surface area contributed by atoms with E-state index in [9.17, 15) is 9.90 Å². The van der Waals surface area contributed by atoms with Crippen molar-refractivity contribution in [3.8, 4) is 11.5 Å². The smallest absolute Gasteiger partial charge is 0.253 e. The summed E-state index contributed by atoms with van der Waals surface area (Å²) in [5.41, 5.74) is 0.508. The van der Waals surface area contributed by atoms with Crippen LogP contribution in [0.15, 0.2) is 18.2 Å². The van der Waals surface area contributed by atoms with Crippen LogP contribution in [0.4, 0.5) is 0 Å². The van der Waals surface area contributed by atoms with Crippen molar-refractivity contribution in [2.75, 3.05) is 20.7 Å². The third-order valence-corrected chi connectivity index (χ3v) is 2.25. The van der Waals surface area contributed by atoms with E-state index in [1.807, 2.05) is 6.92 Å². The van der Waals surface area contributed by atoms with Crippen LogP contribution >= 0.6 is 0 Å². The lowest BCUT2D eigenvalue weighted by molar-refractivity contribution is 0.0802. The highest BCUT2D eigenvalue weighted by Crippen LogP contribution is 2.26. The number of phenolic OH excluding ortho intramolecular Hbond substituents is 1. The van der Waals surface area contributed by atoms with Gasteiger partial charge >= 0.3 is 0 Å². The van der Waals surface area contributed by atoms with E-state index in [0.717, 1.165) is 0 Å². The molecule has 0 bridgehead atoms. The molecule has 0 atom stereocenters. The van der Waals surface area contributed by atoms with E-state index in [0.29, 0.717) is 17.9 Å². The molecule has 82 valence electrons. The molecule has 15 heavy (non-hydrogen) atoms. The zero-order valence-corrected chi connectivity index (χ0v) is 9.15. The van der Waals surface area contributed by atoms with Crippen molar-refractivity contribution in [1.29, 1.82) is 0 Å². The number of hydrogen-bond acceptors (Lipinski definition) is 3. The van der Waals surface area contributed by atoms with Crippen LogP contribution < -0.4 is 4.74 Å². The maximum absolute atomic E-state index is 11.7. The van der Waals surface area contributed by atoms with Gasteiger partial charge in [0.05, 0.1) is 7.11 Å². The number of phenols is 1. The van der Waals surface area contributed by atoms with Crippen molar-refractivity contribution < 1.29 is 14.6 Å². The number of carbonyl (C=O) groups is 1. The summed E-state index contributed by atoms with van der Waals surface area (Å²) in [5.74, 6) is 0.259. The molecule has 0 unspecified atom stereocenters. The molecule has 0 radical (unpaired) electrons. The molecule has 0 aliphatic rings. The minimum atomic E-state index is -0.0872. The molecule has 1 aromatic carbocycles. The fourth-order valence-electron chi connectivity index (χ4n) is 1.17. The Hall–Kier alpha value is -1.71. The molecule has 1 aromatic rings. The van der Waals surface area contributed by atoms with Gasteiger partial charge in [-0.15, -0.1) is 0 Å². The lowest BCUT2D eigenvalue weighted by Crippen LogP contribution is -2.26. The van der Waals surface area contributed by atoms with Crippen LogP contribution in [0.1, 0.15) is 17.3 Å². The third kappa shape index (κ3) is 2.40. The van der Waals surface area contributed by atoms with Gasteiger partial charge in [0, 0.05) is 19.2 Å². The maximum Gasteiger partial charge on any atom is 0.253 e. The molecule has 0 aliphatic carbocycles. The molecule has 0 aliphatic heterocycles. The van der Waals surface area contributed by atoms with E-state index in [-0.39, 0.29) is 11.7 Å². The third-order valence-electron chi connectivity index (χ3n) is 2.25. The number of nitrogens with zero attached hydrogens (tertiary/aromatic N) is 1. The SMILES string of the molecule is CCN(C)C(=O)c1ccc(O)c(OC)c1. The minimum absolute atomic E-state index is 0.0354. The molecule has 0 saturated carbocycles. The fourth-order valence-corrected chi connectivity index (χ4v) is 1.17. The van der Waals surface area contributed by atoms with Crippen LogP contribution in [-0.2, 0) is 0 Å². The van der Waals surface area contributed by atoms with E-state index in [1.54, 1.807) is 18.0 Å². The number of methoxy groups -OCH3 is 1. The van der Waals surface area contributed by atoms with E-state index < -0.39 is 0 Å². The zero-order chi connectivity index (χ0) is 11.4. The van der Waals surface area contributed by atoms with Crippen LogP contribution in [0.25, 0.3) is 0 Å². The predicted molar refractivity (Wildman–Crippen MR) is 57.3 cm³/mol. The first-order valence-electron chi connectivity index (χ1n) is 4.72. The number of ether oxygens (including phenoxy) is 1. The van der Waals surface area contributed by atoms with Gasteiger partial charge < -0.3 is 14.7 Å². The summed E-state index contributed by atoms with van der Waals surface area (Å²) in [6, 6.07) is 4.56. The van der Waals surface area contributed by atoms with Crippen LogP contribution in [0, 0.1) is 0 Å². The van der Waals surface area contributed by atoms with E-state index in [2.05, 4.69) is 0 Å². The van der Waals surface area contributed by atoms with Crippen molar-refractivity contribution in [3.63, 3.8) is 0 Å². The summed E-state index contributed by atoms with van der Waals surface area (Å²) in [6.07, 6.45) is 0. The molecule has 0 fully saturated rings. The van der Waals surface area contributed by atoms with Gasteiger partial charge in [-0.25, -0.2) is 0 Å². The maximum atomic E-state index is 11.7. The van der Waals surface area contributed by atoms with Crippen LogP contribution in [0.5, 0.6) is 11.5 Å². The predicted octanol–water partition coefficient (Wildman–Crippen LogP) is 1.49. The Morgan fingerprint density at radius 1 is 1.53 bits per heavy atom. The van der Waals surface area contributed by atoms with Crippen LogP contribution in [0.3, 0.4) is 0 Å². The quantitative estimate of drug-likeness (QED) is 0.820. The van der Waals surface area contributed by atoms with Gasteiger partial charge in [-0.05, 0) is 25.1 Å². The summed E-state index contributed by atoms with van der Waals surface area (Å²) >= 11 is 0. The Labute approximate surface area is 89.1 Å². The van der Waals surface area contributed by atoms with Gasteiger partial charge in [-0.3, -0.25) is 4.79 Å². The van der Waals surface area contributed by atoms with Crippen LogP contribution in [0.2, 0.25) is 0 Å². The Bertz CT molecular complexity index is 363. The van der Waals surface area contributed by atoms with E-state index in [1.165, 1.54) is 19.2 Å². The van der Waals surface area contributed by atoms with Gasteiger partial charge in [0.25, 0.3) is 5.91 Å². The van der Waals surface area contributed by atoms with Crippen molar-refractivity contribution in [2.45, 2.75) is 6.92 Å². The molecule has 0 aromatic heterocycles. The molecule has 1 amide bonds. The lowest BCUT2D eigenvalue weighted by Gasteiger charge is -2.15. The van der Waals surface area contributed by atoms with E-state index in [4.69, 9.17) is 4.74 Å². The monoisotopic (exact) mass is 209 g/mol. The van der Waals surface area contributed by atoms with Gasteiger partial charge in [0.15, 0.2) is 11.5 Å². The fraction of sp³-hybridized carbons (Fsp3) is 0.364. The first-order chi connectivity index (χ1) is 7.10. The molecular weight excluding hydrogens is 194 g/mol. The normalized spacial score (nSPS) is 9.80. The highest BCUT2D eigenvalue weighted by Gasteiger charge is 2.12. The van der Waals surface area contributed by atoms with Gasteiger partial charge in [-0.2, -0.15) is 0 Å². The van der Waals surface area contributed by atoms with Crippen LogP contribution in [-0.4, -0.2) is 36.6 Å². The topological polar surface area (TPSA) is 49.8 Å². The molecule has 0 saturated heterocycles. The lowest BCUT2D eigenvalue weighted by atomic mass is 10.2. The zero-order valence-electron chi connectivity index (χ0n) is 9.15. The van der Waals surface area contributed by atoms with Gasteiger partial charge in [0.1, 0.15) is 0 Å². The molecule has 4 nitrogen and oxygen atoms in total. The number of amides is 1. The first kappa shape index (κ1) is 11.4. The van der Waals surface area contributed by atoms with Gasteiger partial charge in [-0.1, -0.05) is 0 Å². The molecule has 1 rings (SSSR count). The average molecular weight is 209 g/mol. The molecule has 1 N–H and O–H groups in total. The highest BCUT2D eigenvalue weighted by atomic mass is 16.5. The number of carbonyl (C=O) groups excluding carboxylic acids is 1. The molecule has 0 spiro atoms. The number of aromatic hydroxyl groups is 1. The highest BCUT2D eigenvalue weighted by molar-refractivity contribution is 5.94. The second kappa shape index (κ2) is 4.68. The second-order valence-electron chi connectivity index (χ2n) is 3.21. The van der Waals surface area contributed by atoms with Crippen molar-refractivity contribution >= 4 is 5.91 Å². The van der Waals surface area contributed by atoms with E-state index >= 15 is 0 Å². The minimum Gasteiger partial charge on any atom is -0.504 e. The van der Waals surface area contributed by atoms with Gasteiger partial charge in [0.2, 0.25) is 0 Å². The summed E-state index contributed by atoms with van der Waals surface area (Å²) < 4.78 is 4.93. The Morgan fingerprint density at radius 3 is 2.73 bits per heavy atom. The molecule has 0 heterocycles. The van der Waals surface area contributed by atoms with Crippen molar-refractivity contribution in [2.24, 2.45) is 0 Å². The second-order valence-corrected chi connectivity index (χ2v) is 3.21. The number of rotatable bonds is 3. The first-order valence-corrected chi connectivity index (χ1v) is 4.72. The standard InChI is InChI=1S/C11H15NO3/c1-4-12(2)11(14)8-5-6-9(13)10(7-8)15-3/h5-7,13H,4H2,1-3H3. The molecular formula is C11H15NO3. The Kier molecular flexibility index (Phi) is 3.55. The molecule has 4 heteroatoms. The Balaban J connectivity index is 3.01. The summed E-state index contributed by atoms with van der Waals surface area (Å²) in [7, 11) is 3.18. The largest absolute Gasteiger partial charge is 0.504 e. The van der Waals surface area contributed by atoms with Crippen molar-refractivity contribution in [1.82, 2.24) is 4.90 Å². The summed E-state index contributed by atoms with van der Waals surface area (Å²) in [4.78, 5) is 13.3. The summed E-state index contributed by atoms with van der Waals surface area (Å²) in [5, 5.41) is 9.36.